The maximum absolute atomic E-state index is 11.0. The number of aryl methyl sites for hydroxylation is 1. The fourth-order valence-corrected chi connectivity index (χ4v) is 5.10. The van der Waals surface area contributed by atoms with Gasteiger partial charge < -0.3 is 15.1 Å². The number of hydrogen-bond acceptors (Lipinski definition) is 3. The predicted octanol–water partition coefficient (Wildman–Crippen LogP) is 6.71. The molecule has 184 valence electrons. The summed E-state index contributed by atoms with van der Waals surface area (Å²) in [5.41, 5.74) is 5.82. The van der Waals surface area contributed by atoms with Gasteiger partial charge >= 0.3 is 7.60 Å². The number of nitrogens with one attached hydrogen (secondary N) is 1. The van der Waals surface area contributed by atoms with Crippen LogP contribution in [0.2, 0.25) is 0 Å². The Morgan fingerprint density at radius 2 is 1.79 bits per heavy atom. The van der Waals surface area contributed by atoms with Crippen molar-refractivity contribution < 1.29 is 14.4 Å². The van der Waals surface area contributed by atoms with Crippen molar-refractivity contribution in [3.05, 3.63) is 65.9 Å². The maximum atomic E-state index is 11.0. The van der Waals surface area contributed by atoms with Crippen LogP contribution in [0, 0.1) is 5.92 Å². The Labute approximate surface area is 204 Å². The van der Waals surface area contributed by atoms with Crippen molar-refractivity contribution in [2.75, 3.05) is 12.7 Å². The Morgan fingerprint density at radius 3 is 2.50 bits per heavy atom. The van der Waals surface area contributed by atoms with Gasteiger partial charge in [0.05, 0.1) is 11.7 Å². The van der Waals surface area contributed by atoms with E-state index in [0.29, 0.717) is 19.5 Å². The first kappa shape index (κ1) is 26.6. The van der Waals surface area contributed by atoms with Gasteiger partial charge in [-0.3, -0.25) is 9.55 Å². The second-order valence-corrected chi connectivity index (χ2v) is 11.0. The third kappa shape index (κ3) is 8.02. The van der Waals surface area contributed by atoms with E-state index < -0.39 is 7.60 Å². The van der Waals surface area contributed by atoms with Crippen molar-refractivity contribution in [3.63, 3.8) is 0 Å². The molecule has 1 atom stereocenters. The highest BCUT2D eigenvalue weighted by Crippen LogP contribution is 2.34. The van der Waals surface area contributed by atoms with Gasteiger partial charge in [-0.1, -0.05) is 82.0 Å². The number of hydrogen-bond donors (Lipinski definition) is 3. The van der Waals surface area contributed by atoms with Gasteiger partial charge in [-0.05, 0) is 60.0 Å². The molecule has 0 radical (unpaired) electrons. The lowest BCUT2D eigenvalue weighted by molar-refractivity contribution is 0.371. The molecule has 0 amide bonds. The van der Waals surface area contributed by atoms with Crippen molar-refractivity contribution in [2.24, 2.45) is 5.92 Å². The van der Waals surface area contributed by atoms with Gasteiger partial charge in [0.2, 0.25) is 0 Å². The van der Waals surface area contributed by atoms with Crippen molar-refractivity contribution in [1.29, 1.82) is 0 Å². The highest BCUT2D eigenvalue weighted by molar-refractivity contribution is 7.51. The predicted molar refractivity (Wildman–Crippen MR) is 142 cm³/mol. The van der Waals surface area contributed by atoms with Gasteiger partial charge in [0.15, 0.2) is 0 Å². The average molecular weight is 483 g/mol. The number of aromatic nitrogens is 1. The van der Waals surface area contributed by atoms with E-state index in [-0.39, 0.29) is 6.16 Å². The molecule has 0 bridgehead atoms. The molecule has 1 aromatic heterocycles. The smallest absolute Gasteiger partial charge is 0.324 e. The summed E-state index contributed by atoms with van der Waals surface area (Å²) in [6, 6.07) is 17.3. The molecule has 5 nitrogen and oxygen atoms in total. The zero-order chi connectivity index (χ0) is 24.4. The summed E-state index contributed by atoms with van der Waals surface area (Å²) in [4.78, 5) is 22.6. The van der Waals surface area contributed by atoms with Crippen LogP contribution in [0.4, 0.5) is 0 Å². The average Bonchev–Trinajstić information content (AvgIpc) is 2.84. The van der Waals surface area contributed by atoms with E-state index in [1.807, 2.05) is 12.3 Å². The summed E-state index contributed by atoms with van der Waals surface area (Å²) in [5.74, 6) is 0.826. The van der Waals surface area contributed by atoms with Gasteiger partial charge in [0.1, 0.15) is 0 Å². The largest absolute Gasteiger partial charge is 0.325 e. The van der Waals surface area contributed by atoms with Crippen molar-refractivity contribution in [1.82, 2.24) is 10.3 Å². The monoisotopic (exact) mass is 482 g/mol. The van der Waals surface area contributed by atoms with Crippen LogP contribution in [0.1, 0.15) is 63.5 Å². The molecule has 2 aromatic carbocycles. The van der Waals surface area contributed by atoms with Crippen LogP contribution in [0.3, 0.4) is 0 Å². The van der Waals surface area contributed by atoms with Crippen LogP contribution in [-0.2, 0) is 17.5 Å². The lowest BCUT2D eigenvalue weighted by atomic mass is 9.91. The molecule has 3 N–H and O–H groups in total. The molecule has 0 aliphatic rings. The Morgan fingerprint density at radius 1 is 1.00 bits per heavy atom. The molecular formula is C28H39N2O3P. The Balaban J connectivity index is 1.68. The zero-order valence-corrected chi connectivity index (χ0v) is 21.4. The van der Waals surface area contributed by atoms with E-state index in [1.54, 1.807) is 0 Å². The first-order valence-corrected chi connectivity index (χ1v) is 14.4. The molecule has 0 fully saturated rings. The highest BCUT2D eigenvalue weighted by Gasteiger charge is 2.12. The van der Waals surface area contributed by atoms with Gasteiger partial charge in [-0.15, -0.1) is 0 Å². The minimum atomic E-state index is -3.93. The van der Waals surface area contributed by atoms with E-state index in [1.165, 1.54) is 48.8 Å². The molecule has 1 unspecified atom stereocenters. The van der Waals surface area contributed by atoms with Gasteiger partial charge in [-0.2, -0.15) is 0 Å². The fourth-order valence-electron chi connectivity index (χ4n) is 4.53. The second kappa shape index (κ2) is 13.2. The fraction of sp³-hybridized carbons (Fsp3) is 0.464. The summed E-state index contributed by atoms with van der Waals surface area (Å²) >= 11 is 0. The van der Waals surface area contributed by atoms with Crippen LogP contribution in [0.25, 0.3) is 22.0 Å². The molecule has 0 spiro atoms. The molecule has 6 heteroatoms. The summed E-state index contributed by atoms with van der Waals surface area (Å²) in [6.45, 7) is 5.75. The third-order valence-corrected chi connectivity index (χ3v) is 7.52. The van der Waals surface area contributed by atoms with E-state index in [9.17, 15) is 4.57 Å². The number of rotatable bonds is 14. The number of benzene rings is 2. The highest BCUT2D eigenvalue weighted by atomic mass is 31.2. The molecule has 0 aliphatic carbocycles. The molecule has 0 aliphatic heterocycles. The summed E-state index contributed by atoms with van der Waals surface area (Å²) in [5, 5.41) is 4.41. The minimum absolute atomic E-state index is 0.0915. The number of unbranched alkanes of at least 4 members (excludes halogenated alkanes) is 1. The molecule has 3 aromatic rings. The molecule has 0 saturated carbocycles. The summed E-state index contributed by atoms with van der Waals surface area (Å²) in [7, 11) is -3.93. The molecule has 1 heterocycles. The van der Waals surface area contributed by atoms with E-state index in [2.05, 4.69) is 66.6 Å². The van der Waals surface area contributed by atoms with E-state index >= 15 is 0 Å². The van der Waals surface area contributed by atoms with Crippen LogP contribution in [0.5, 0.6) is 0 Å². The van der Waals surface area contributed by atoms with Crippen LogP contribution >= 0.6 is 7.60 Å². The summed E-state index contributed by atoms with van der Waals surface area (Å²) < 4.78 is 11.0. The second-order valence-electron chi connectivity index (χ2n) is 9.24. The quantitative estimate of drug-likeness (QED) is 0.176. The maximum Gasteiger partial charge on any atom is 0.325 e. The van der Waals surface area contributed by atoms with Crippen LogP contribution in [0.15, 0.2) is 54.7 Å². The third-order valence-electron chi connectivity index (χ3n) is 6.62. The SMILES string of the molecule is CCCCC(CC)CCc1ccc(-c2ccc(CNCCCP(=O)(O)O)c3ncccc23)cc1. The van der Waals surface area contributed by atoms with Crippen molar-refractivity contribution >= 4 is 18.5 Å². The molecular weight excluding hydrogens is 443 g/mol. The molecule has 34 heavy (non-hydrogen) atoms. The standard InChI is InChI=1S/C28H39N2O3P/c1-3-5-8-22(4-2)10-11-23-12-14-24(15-13-23)26-17-16-25(28-27(26)9-6-19-30-28)21-29-18-7-20-34(31,32)33/h6,9,12-17,19,22,29H,3-5,7-8,10-11,18,20-21H2,1-2H3,(H2,31,32,33). The lowest BCUT2D eigenvalue weighted by Gasteiger charge is -2.15. The number of nitrogens with zero attached hydrogens (tertiary/aromatic N) is 1. The van der Waals surface area contributed by atoms with Gasteiger partial charge in [-0.25, -0.2) is 0 Å². The van der Waals surface area contributed by atoms with Crippen LogP contribution in [-0.4, -0.2) is 27.5 Å². The molecule has 0 saturated heterocycles. The lowest BCUT2D eigenvalue weighted by Crippen LogP contribution is -2.16. The first-order chi connectivity index (χ1) is 16.4. The number of fused-ring (bicyclic) bond motifs is 1. The van der Waals surface area contributed by atoms with Crippen molar-refractivity contribution in [3.8, 4) is 11.1 Å². The van der Waals surface area contributed by atoms with Crippen LogP contribution < -0.4 is 5.32 Å². The first-order valence-electron chi connectivity index (χ1n) is 12.6. The minimum Gasteiger partial charge on any atom is -0.324 e. The zero-order valence-electron chi connectivity index (χ0n) is 20.5. The topological polar surface area (TPSA) is 82.5 Å². The Hall–Kier alpha value is -2.04. The van der Waals surface area contributed by atoms with E-state index in [0.717, 1.165) is 28.8 Å². The normalized spacial score (nSPS) is 12.8. The number of pyridine rings is 1. The summed E-state index contributed by atoms with van der Waals surface area (Å²) in [6.07, 6.45) is 9.78. The Kier molecular flexibility index (Phi) is 10.3. The Bertz CT molecular complexity index is 1080. The van der Waals surface area contributed by atoms with Crippen molar-refractivity contribution in [2.45, 2.75) is 65.3 Å². The van der Waals surface area contributed by atoms with Gasteiger partial charge in [0.25, 0.3) is 0 Å². The van der Waals surface area contributed by atoms with Gasteiger partial charge in [0, 0.05) is 18.1 Å². The van der Waals surface area contributed by atoms with E-state index in [4.69, 9.17) is 9.79 Å². The molecule has 3 rings (SSSR count).